The fourth-order valence-electron chi connectivity index (χ4n) is 1.70. The monoisotopic (exact) mass is 275 g/mol. The highest BCUT2D eigenvalue weighted by molar-refractivity contribution is 7.08. The van der Waals surface area contributed by atoms with Gasteiger partial charge in [-0.2, -0.15) is 0 Å². The maximum absolute atomic E-state index is 12.1. The van der Waals surface area contributed by atoms with Gasteiger partial charge in [-0.1, -0.05) is 47.7 Å². The van der Waals surface area contributed by atoms with Crippen molar-refractivity contribution in [2.45, 2.75) is 26.7 Å². The van der Waals surface area contributed by atoms with Crippen LogP contribution in [-0.4, -0.2) is 22.0 Å². The second-order valence-corrected chi connectivity index (χ2v) is 5.18. The van der Waals surface area contributed by atoms with Gasteiger partial charge in [-0.15, -0.1) is 5.10 Å². The third kappa shape index (κ3) is 3.38. The molecule has 0 atom stereocenters. The second kappa shape index (κ2) is 6.43. The van der Waals surface area contributed by atoms with E-state index in [9.17, 15) is 4.79 Å². The lowest BCUT2D eigenvalue weighted by molar-refractivity contribution is 0.0957. The molecule has 0 aliphatic carbocycles. The summed E-state index contributed by atoms with van der Waals surface area (Å²) in [6.07, 6.45) is 2.05. The highest BCUT2D eigenvalue weighted by Gasteiger charge is 2.17. The molecule has 0 bridgehead atoms. The number of carbonyl (C=O) groups excluding carboxylic acids is 1. The largest absolute Gasteiger partial charge is 0.351 e. The molecular weight excluding hydrogens is 258 g/mol. The van der Waals surface area contributed by atoms with Crippen molar-refractivity contribution in [1.82, 2.24) is 14.9 Å². The molecule has 2 rings (SSSR count). The highest BCUT2D eigenvalue weighted by Crippen LogP contribution is 2.24. The molecule has 100 valence electrons. The number of rotatable bonds is 5. The van der Waals surface area contributed by atoms with E-state index in [0.717, 1.165) is 29.9 Å². The van der Waals surface area contributed by atoms with E-state index in [1.165, 1.54) is 5.56 Å². The van der Waals surface area contributed by atoms with E-state index in [1.54, 1.807) is 0 Å². The summed E-state index contributed by atoms with van der Waals surface area (Å²) in [5.41, 5.74) is 2.78. The average Bonchev–Trinajstić information content (AvgIpc) is 2.89. The van der Waals surface area contributed by atoms with Crippen molar-refractivity contribution >= 4 is 17.4 Å². The molecule has 5 heteroatoms. The minimum Gasteiger partial charge on any atom is -0.351 e. The van der Waals surface area contributed by atoms with Crippen LogP contribution in [0, 0.1) is 6.92 Å². The lowest BCUT2D eigenvalue weighted by Gasteiger charge is -2.04. The zero-order valence-corrected chi connectivity index (χ0v) is 12.0. The van der Waals surface area contributed by atoms with Gasteiger partial charge >= 0.3 is 0 Å². The van der Waals surface area contributed by atoms with Gasteiger partial charge in [0, 0.05) is 12.1 Å². The van der Waals surface area contributed by atoms with Crippen LogP contribution < -0.4 is 5.32 Å². The maximum atomic E-state index is 12.1. The normalized spacial score (nSPS) is 10.4. The smallest absolute Gasteiger partial charge is 0.265 e. The summed E-state index contributed by atoms with van der Waals surface area (Å²) in [5.74, 6) is -0.0842. The summed E-state index contributed by atoms with van der Waals surface area (Å²) in [6.45, 7) is 4.82. The zero-order valence-electron chi connectivity index (χ0n) is 11.1. The van der Waals surface area contributed by atoms with E-state index in [-0.39, 0.29) is 5.91 Å². The van der Waals surface area contributed by atoms with Gasteiger partial charge in [-0.3, -0.25) is 4.79 Å². The van der Waals surface area contributed by atoms with Crippen LogP contribution in [0.2, 0.25) is 0 Å². The van der Waals surface area contributed by atoms with Gasteiger partial charge in [0.05, 0.1) is 0 Å². The zero-order chi connectivity index (χ0) is 13.7. The average molecular weight is 275 g/mol. The molecule has 1 heterocycles. The van der Waals surface area contributed by atoms with Crippen molar-refractivity contribution < 1.29 is 4.79 Å². The Labute approximate surface area is 117 Å². The van der Waals surface area contributed by atoms with E-state index >= 15 is 0 Å². The van der Waals surface area contributed by atoms with Gasteiger partial charge in [-0.05, 0) is 24.9 Å². The summed E-state index contributed by atoms with van der Waals surface area (Å²) >= 11 is 1.14. The van der Waals surface area contributed by atoms with Crippen molar-refractivity contribution in [3.05, 3.63) is 34.7 Å². The highest BCUT2D eigenvalue weighted by atomic mass is 32.1. The maximum Gasteiger partial charge on any atom is 0.265 e. The van der Waals surface area contributed by atoms with Gasteiger partial charge in [0.15, 0.2) is 0 Å². The quantitative estimate of drug-likeness (QED) is 0.853. The van der Waals surface area contributed by atoms with E-state index in [2.05, 4.69) is 21.8 Å². The van der Waals surface area contributed by atoms with E-state index in [4.69, 9.17) is 0 Å². The molecule has 0 unspecified atom stereocenters. The van der Waals surface area contributed by atoms with Crippen molar-refractivity contribution in [2.75, 3.05) is 6.54 Å². The standard InChI is InChI=1S/C14H17N3OS/c1-3-4-9-15-14(18)13-12(16-17-19-13)11-7-5-10(2)6-8-11/h5-8H,3-4,9H2,1-2H3,(H,15,18). The topological polar surface area (TPSA) is 54.9 Å². The van der Waals surface area contributed by atoms with Crippen molar-refractivity contribution in [2.24, 2.45) is 0 Å². The van der Waals surface area contributed by atoms with Crippen molar-refractivity contribution in [1.29, 1.82) is 0 Å². The summed E-state index contributed by atoms with van der Waals surface area (Å²) in [6, 6.07) is 7.95. The lowest BCUT2D eigenvalue weighted by atomic mass is 10.1. The number of aryl methyl sites for hydroxylation is 1. The van der Waals surface area contributed by atoms with Crippen LogP contribution in [0.25, 0.3) is 11.3 Å². The van der Waals surface area contributed by atoms with Crippen molar-refractivity contribution in [3.63, 3.8) is 0 Å². The van der Waals surface area contributed by atoms with Gasteiger partial charge < -0.3 is 5.32 Å². The molecule has 19 heavy (non-hydrogen) atoms. The minimum atomic E-state index is -0.0842. The van der Waals surface area contributed by atoms with Crippen LogP contribution in [0.5, 0.6) is 0 Å². The predicted molar refractivity (Wildman–Crippen MR) is 77.3 cm³/mol. The SMILES string of the molecule is CCCCNC(=O)c1snnc1-c1ccc(C)cc1. The molecule has 2 aromatic rings. The number of nitrogens with zero attached hydrogens (tertiary/aromatic N) is 2. The Hall–Kier alpha value is -1.75. The van der Waals surface area contributed by atoms with Crippen LogP contribution in [0.15, 0.2) is 24.3 Å². The van der Waals surface area contributed by atoms with Gasteiger partial charge in [0.2, 0.25) is 0 Å². The second-order valence-electron chi connectivity index (χ2n) is 4.43. The van der Waals surface area contributed by atoms with Crippen LogP contribution in [0.1, 0.15) is 35.0 Å². The Morgan fingerprint density at radius 1 is 1.32 bits per heavy atom. The molecule has 0 aliphatic heterocycles. The number of hydrogen-bond acceptors (Lipinski definition) is 4. The minimum absolute atomic E-state index is 0.0842. The molecule has 0 spiro atoms. The first-order valence-corrected chi connectivity index (χ1v) is 7.17. The Morgan fingerprint density at radius 2 is 2.05 bits per heavy atom. The van der Waals surface area contributed by atoms with Crippen LogP contribution >= 0.6 is 11.5 Å². The summed E-state index contributed by atoms with van der Waals surface area (Å²) in [4.78, 5) is 12.6. The van der Waals surface area contributed by atoms with E-state index in [0.29, 0.717) is 17.1 Å². The molecule has 1 amide bonds. The summed E-state index contributed by atoms with van der Waals surface area (Å²) in [5, 5.41) is 6.97. The molecule has 1 aromatic heterocycles. The Balaban J connectivity index is 2.17. The lowest BCUT2D eigenvalue weighted by Crippen LogP contribution is -2.23. The number of hydrogen-bond donors (Lipinski definition) is 1. The summed E-state index contributed by atoms with van der Waals surface area (Å²) in [7, 11) is 0. The Bertz CT molecular complexity index is 548. The first-order chi connectivity index (χ1) is 9.22. The van der Waals surface area contributed by atoms with Crippen LogP contribution in [0.3, 0.4) is 0 Å². The number of carbonyl (C=O) groups is 1. The molecule has 0 aliphatic rings. The molecule has 1 N–H and O–H groups in total. The predicted octanol–water partition coefficient (Wildman–Crippen LogP) is 3.04. The Morgan fingerprint density at radius 3 is 2.74 bits per heavy atom. The molecule has 0 saturated heterocycles. The number of amides is 1. The number of unbranched alkanes of at least 4 members (excludes halogenated alkanes) is 1. The van der Waals surface area contributed by atoms with Gasteiger partial charge in [-0.25, -0.2) is 0 Å². The van der Waals surface area contributed by atoms with Crippen LogP contribution in [0.4, 0.5) is 0 Å². The fourth-order valence-corrected chi connectivity index (χ4v) is 2.30. The van der Waals surface area contributed by atoms with Gasteiger partial charge in [0.25, 0.3) is 5.91 Å². The van der Waals surface area contributed by atoms with Crippen LogP contribution in [-0.2, 0) is 0 Å². The van der Waals surface area contributed by atoms with E-state index in [1.807, 2.05) is 31.2 Å². The number of benzene rings is 1. The fraction of sp³-hybridized carbons (Fsp3) is 0.357. The number of aromatic nitrogens is 2. The third-order valence-electron chi connectivity index (χ3n) is 2.84. The first kappa shape index (κ1) is 13.7. The Kier molecular flexibility index (Phi) is 4.63. The number of nitrogens with one attached hydrogen (secondary N) is 1. The molecule has 4 nitrogen and oxygen atoms in total. The molecular formula is C14H17N3OS. The third-order valence-corrected chi connectivity index (χ3v) is 3.56. The molecule has 0 fully saturated rings. The molecule has 0 saturated carbocycles. The van der Waals surface area contributed by atoms with E-state index < -0.39 is 0 Å². The summed E-state index contributed by atoms with van der Waals surface area (Å²) < 4.78 is 3.90. The first-order valence-electron chi connectivity index (χ1n) is 6.40. The molecule has 1 aromatic carbocycles. The van der Waals surface area contributed by atoms with Crippen molar-refractivity contribution in [3.8, 4) is 11.3 Å². The molecule has 0 radical (unpaired) electrons. The van der Waals surface area contributed by atoms with Gasteiger partial charge in [0.1, 0.15) is 10.6 Å².